The van der Waals surface area contributed by atoms with Crippen molar-refractivity contribution in [2.45, 2.75) is 44.8 Å². The standard InChI is InChI=1S/C17H21F2NO4/c18-14-5-1-3-12(17(14)19)11-20(9-8-16(22)23)15(21)7-6-13-4-2-10-24-13/h1,3,5,13H,2,4,6-11H2,(H,22,23). The molecule has 1 unspecified atom stereocenters. The van der Waals surface area contributed by atoms with Gasteiger partial charge >= 0.3 is 5.97 Å². The number of aliphatic carboxylic acids is 1. The van der Waals surface area contributed by atoms with E-state index in [9.17, 15) is 18.4 Å². The van der Waals surface area contributed by atoms with Crippen LogP contribution in [0.15, 0.2) is 18.2 Å². The first-order valence-electron chi connectivity index (χ1n) is 8.01. The van der Waals surface area contributed by atoms with Gasteiger partial charge in [0.05, 0.1) is 12.5 Å². The number of nitrogens with zero attached hydrogens (tertiary/aromatic N) is 1. The quantitative estimate of drug-likeness (QED) is 0.789. The fourth-order valence-electron chi connectivity index (χ4n) is 2.71. The average molecular weight is 341 g/mol. The number of halogens is 2. The summed E-state index contributed by atoms with van der Waals surface area (Å²) in [6, 6.07) is 3.75. The molecule has 1 aromatic carbocycles. The summed E-state index contributed by atoms with van der Waals surface area (Å²) in [5, 5.41) is 8.82. The molecule has 1 aliphatic heterocycles. The molecule has 132 valence electrons. The number of carbonyl (C=O) groups is 2. The summed E-state index contributed by atoms with van der Waals surface area (Å²) in [6.45, 7) is 0.493. The van der Waals surface area contributed by atoms with Crippen LogP contribution in [0.1, 0.15) is 37.7 Å². The molecular weight excluding hydrogens is 320 g/mol. The molecule has 7 heteroatoms. The third-order valence-corrected chi connectivity index (χ3v) is 4.05. The van der Waals surface area contributed by atoms with Crippen LogP contribution in [-0.2, 0) is 20.9 Å². The van der Waals surface area contributed by atoms with E-state index < -0.39 is 17.6 Å². The highest BCUT2D eigenvalue weighted by atomic mass is 19.2. The number of carboxylic acid groups (broad SMARTS) is 1. The minimum absolute atomic E-state index is 0.0332. The molecule has 0 saturated carbocycles. The van der Waals surface area contributed by atoms with Crippen LogP contribution in [-0.4, -0.2) is 41.1 Å². The number of hydrogen-bond acceptors (Lipinski definition) is 3. The van der Waals surface area contributed by atoms with Crippen LogP contribution in [0.5, 0.6) is 0 Å². The van der Waals surface area contributed by atoms with E-state index in [1.54, 1.807) is 0 Å². The van der Waals surface area contributed by atoms with Gasteiger partial charge in [-0.25, -0.2) is 8.78 Å². The van der Waals surface area contributed by atoms with Crippen LogP contribution in [0.2, 0.25) is 0 Å². The Bertz CT molecular complexity index is 588. The van der Waals surface area contributed by atoms with Gasteiger partial charge in [-0.2, -0.15) is 0 Å². The molecular formula is C17H21F2NO4. The molecule has 1 N–H and O–H groups in total. The van der Waals surface area contributed by atoms with Crippen molar-refractivity contribution in [1.29, 1.82) is 0 Å². The molecule has 0 aromatic heterocycles. The van der Waals surface area contributed by atoms with E-state index in [-0.39, 0.29) is 43.5 Å². The lowest BCUT2D eigenvalue weighted by atomic mass is 10.1. The second kappa shape index (κ2) is 8.73. The fraction of sp³-hybridized carbons (Fsp3) is 0.529. The predicted octanol–water partition coefficient (Wildman–Crippen LogP) is 2.73. The van der Waals surface area contributed by atoms with Gasteiger partial charge in [-0.1, -0.05) is 12.1 Å². The number of carboxylic acids is 1. The van der Waals surface area contributed by atoms with Gasteiger partial charge in [0, 0.05) is 31.7 Å². The highest BCUT2D eigenvalue weighted by Crippen LogP contribution is 2.19. The fourth-order valence-corrected chi connectivity index (χ4v) is 2.71. The van der Waals surface area contributed by atoms with Crippen LogP contribution in [0.4, 0.5) is 8.78 Å². The zero-order valence-corrected chi connectivity index (χ0v) is 13.3. The first-order chi connectivity index (χ1) is 11.5. The van der Waals surface area contributed by atoms with Gasteiger partial charge in [0.2, 0.25) is 5.91 Å². The molecule has 1 amide bonds. The Balaban J connectivity index is 2.00. The smallest absolute Gasteiger partial charge is 0.305 e. The van der Waals surface area contributed by atoms with Crippen LogP contribution >= 0.6 is 0 Å². The minimum atomic E-state index is -1.05. The molecule has 1 heterocycles. The first kappa shape index (κ1) is 18.3. The van der Waals surface area contributed by atoms with E-state index in [4.69, 9.17) is 9.84 Å². The zero-order valence-electron chi connectivity index (χ0n) is 13.3. The number of amides is 1. The maximum absolute atomic E-state index is 13.8. The van der Waals surface area contributed by atoms with Gasteiger partial charge in [-0.05, 0) is 25.3 Å². The maximum Gasteiger partial charge on any atom is 0.305 e. The van der Waals surface area contributed by atoms with Crippen molar-refractivity contribution in [1.82, 2.24) is 4.90 Å². The number of rotatable bonds is 8. The van der Waals surface area contributed by atoms with E-state index in [0.29, 0.717) is 13.0 Å². The Hall–Kier alpha value is -2.02. The van der Waals surface area contributed by atoms with Crippen LogP contribution < -0.4 is 0 Å². The lowest BCUT2D eigenvalue weighted by molar-refractivity contribution is -0.139. The van der Waals surface area contributed by atoms with Crippen LogP contribution in [0.3, 0.4) is 0 Å². The van der Waals surface area contributed by atoms with Gasteiger partial charge in [-0.15, -0.1) is 0 Å². The summed E-state index contributed by atoms with van der Waals surface area (Å²) in [5.74, 6) is -3.33. The summed E-state index contributed by atoms with van der Waals surface area (Å²) >= 11 is 0. The Morgan fingerprint density at radius 2 is 2.08 bits per heavy atom. The molecule has 0 radical (unpaired) electrons. The lowest BCUT2D eigenvalue weighted by Crippen LogP contribution is -2.33. The molecule has 24 heavy (non-hydrogen) atoms. The normalized spacial score (nSPS) is 17.0. The van der Waals surface area contributed by atoms with E-state index in [0.717, 1.165) is 18.9 Å². The zero-order chi connectivity index (χ0) is 17.5. The largest absolute Gasteiger partial charge is 0.481 e. The Kier molecular flexibility index (Phi) is 6.66. The SMILES string of the molecule is O=C(O)CCN(Cc1cccc(F)c1F)C(=O)CCC1CCCO1. The molecule has 1 fully saturated rings. The molecule has 1 aliphatic rings. The Morgan fingerprint density at radius 3 is 2.75 bits per heavy atom. The van der Waals surface area contributed by atoms with E-state index >= 15 is 0 Å². The molecule has 1 aromatic rings. The van der Waals surface area contributed by atoms with E-state index in [2.05, 4.69) is 0 Å². The van der Waals surface area contributed by atoms with Crippen molar-refractivity contribution in [3.63, 3.8) is 0 Å². The number of benzene rings is 1. The number of hydrogen-bond donors (Lipinski definition) is 1. The third kappa shape index (κ3) is 5.26. The second-order valence-corrected chi connectivity index (χ2v) is 5.85. The van der Waals surface area contributed by atoms with E-state index in [1.165, 1.54) is 17.0 Å². The van der Waals surface area contributed by atoms with Crippen molar-refractivity contribution in [2.75, 3.05) is 13.2 Å². The van der Waals surface area contributed by atoms with Gasteiger partial charge in [0.1, 0.15) is 0 Å². The molecule has 2 rings (SSSR count). The maximum atomic E-state index is 13.8. The molecule has 0 aliphatic carbocycles. The van der Waals surface area contributed by atoms with Crippen LogP contribution in [0, 0.1) is 11.6 Å². The first-order valence-corrected chi connectivity index (χ1v) is 8.01. The minimum Gasteiger partial charge on any atom is -0.481 e. The summed E-state index contributed by atoms with van der Waals surface area (Å²) in [5.41, 5.74) is 0.0332. The summed E-state index contributed by atoms with van der Waals surface area (Å²) in [7, 11) is 0. The number of ether oxygens (including phenoxy) is 1. The molecule has 0 bridgehead atoms. The van der Waals surface area contributed by atoms with Gasteiger partial charge in [0.25, 0.3) is 0 Å². The van der Waals surface area contributed by atoms with Gasteiger partial charge in [0.15, 0.2) is 11.6 Å². The Labute approximate surface area is 139 Å². The van der Waals surface area contributed by atoms with Crippen molar-refractivity contribution in [3.8, 4) is 0 Å². The molecule has 1 atom stereocenters. The van der Waals surface area contributed by atoms with Crippen molar-refractivity contribution in [3.05, 3.63) is 35.4 Å². The highest BCUT2D eigenvalue weighted by molar-refractivity contribution is 5.77. The Morgan fingerprint density at radius 1 is 1.29 bits per heavy atom. The van der Waals surface area contributed by atoms with Crippen molar-refractivity contribution < 1.29 is 28.2 Å². The predicted molar refractivity (Wildman–Crippen MR) is 82.2 cm³/mol. The highest BCUT2D eigenvalue weighted by Gasteiger charge is 2.21. The average Bonchev–Trinajstić information content (AvgIpc) is 3.06. The molecule has 1 saturated heterocycles. The topological polar surface area (TPSA) is 66.8 Å². The van der Waals surface area contributed by atoms with Gasteiger partial charge in [-0.3, -0.25) is 9.59 Å². The monoisotopic (exact) mass is 341 g/mol. The summed E-state index contributed by atoms with van der Waals surface area (Å²) in [4.78, 5) is 24.4. The summed E-state index contributed by atoms with van der Waals surface area (Å²) < 4.78 is 32.6. The van der Waals surface area contributed by atoms with Crippen LogP contribution in [0.25, 0.3) is 0 Å². The summed E-state index contributed by atoms with van der Waals surface area (Å²) in [6.07, 6.45) is 2.41. The van der Waals surface area contributed by atoms with E-state index in [1.807, 2.05) is 0 Å². The lowest BCUT2D eigenvalue weighted by Gasteiger charge is -2.23. The second-order valence-electron chi connectivity index (χ2n) is 5.85. The van der Waals surface area contributed by atoms with Gasteiger partial charge < -0.3 is 14.7 Å². The van der Waals surface area contributed by atoms with Crippen molar-refractivity contribution >= 4 is 11.9 Å². The number of carbonyl (C=O) groups excluding carboxylic acids is 1. The third-order valence-electron chi connectivity index (χ3n) is 4.05. The van der Waals surface area contributed by atoms with Crippen molar-refractivity contribution in [2.24, 2.45) is 0 Å². The molecule has 5 nitrogen and oxygen atoms in total. The molecule has 0 spiro atoms.